The molecule has 0 bridgehead atoms. The molecular weight excluding hydrogens is 206 g/mol. The van der Waals surface area contributed by atoms with Gasteiger partial charge in [0.2, 0.25) is 0 Å². The summed E-state index contributed by atoms with van der Waals surface area (Å²) in [7, 11) is 0. The third-order valence-corrected chi connectivity index (χ3v) is 2.03. The summed E-state index contributed by atoms with van der Waals surface area (Å²) in [5.74, 6) is 0.577. The Bertz CT molecular complexity index is 374. The quantitative estimate of drug-likeness (QED) is 0.721. The summed E-state index contributed by atoms with van der Waals surface area (Å²) in [5.41, 5.74) is 5.17. The molecule has 0 aliphatic carbocycles. The molecule has 0 unspecified atom stereocenters. The van der Waals surface area contributed by atoms with Crippen LogP contribution in [0.2, 0.25) is 0 Å². The summed E-state index contributed by atoms with van der Waals surface area (Å²) >= 11 is 0. The molecule has 0 spiro atoms. The van der Waals surface area contributed by atoms with Crippen LogP contribution in [0, 0.1) is 5.92 Å². The number of ether oxygens (including phenoxy) is 1. The van der Waals surface area contributed by atoms with Crippen molar-refractivity contribution in [3.63, 3.8) is 0 Å². The monoisotopic (exact) mass is 225 g/mol. The molecule has 16 heavy (non-hydrogen) atoms. The Hall–Kier alpha value is -1.36. The lowest BCUT2D eigenvalue weighted by Crippen LogP contribution is -2.25. The van der Waals surface area contributed by atoms with E-state index in [1.807, 2.05) is 0 Å². The van der Waals surface area contributed by atoms with Gasteiger partial charge in [-0.1, -0.05) is 13.8 Å². The number of nitrogens with zero attached hydrogens (tertiary/aromatic N) is 2. The van der Waals surface area contributed by atoms with E-state index in [2.05, 4.69) is 18.8 Å². The first-order valence-corrected chi connectivity index (χ1v) is 5.53. The minimum absolute atomic E-state index is 0.164. The lowest BCUT2D eigenvalue weighted by Gasteiger charge is -2.09. The molecule has 0 aliphatic heterocycles. The molecule has 0 radical (unpaired) electrons. The van der Waals surface area contributed by atoms with Gasteiger partial charge in [0, 0.05) is 18.9 Å². The first kappa shape index (κ1) is 12.7. The molecule has 1 aromatic rings. The van der Waals surface area contributed by atoms with Crippen LogP contribution in [0.3, 0.4) is 0 Å². The largest absolute Gasteiger partial charge is 0.474 e. The summed E-state index contributed by atoms with van der Waals surface area (Å²) < 4.78 is 6.90. The SMILES string of the molecule is CC(C)Cn1ccnc(OCCCN)c1=O. The average molecular weight is 225 g/mol. The Balaban J connectivity index is 2.74. The van der Waals surface area contributed by atoms with Gasteiger partial charge in [-0.2, -0.15) is 0 Å². The molecule has 1 rings (SSSR count). The van der Waals surface area contributed by atoms with Crippen molar-refractivity contribution >= 4 is 0 Å². The van der Waals surface area contributed by atoms with Crippen LogP contribution >= 0.6 is 0 Å². The first-order valence-electron chi connectivity index (χ1n) is 5.53. The zero-order valence-corrected chi connectivity index (χ0v) is 9.85. The number of nitrogens with two attached hydrogens (primary N) is 1. The Morgan fingerprint density at radius 2 is 2.31 bits per heavy atom. The molecule has 0 aliphatic rings. The highest BCUT2D eigenvalue weighted by Gasteiger charge is 2.06. The van der Waals surface area contributed by atoms with Gasteiger partial charge in [0.15, 0.2) is 0 Å². The number of hydrogen-bond acceptors (Lipinski definition) is 4. The van der Waals surface area contributed by atoms with Crippen molar-refractivity contribution < 1.29 is 4.74 Å². The molecule has 90 valence electrons. The highest BCUT2D eigenvalue weighted by Crippen LogP contribution is 2.00. The average Bonchev–Trinajstić information content (AvgIpc) is 2.23. The molecule has 0 fully saturated rings. The summed E-state index contributed by atoms with van der Waals surface area (Å²) in [5, 5.41) is 0. The maximum atomic E-state index is 11.8. The molecule has 2 N–H and O–H groups in total. The minimum Gasteiger partial charge on any atom is -0.474 e. The van der Waals surface area contributed by atoms with Gasteiger partial charge < -0.3 is 15.0 Å². The van der Waals surface area contributed by atoms with Gasteiger partial charge in [0.05, 0.1) is 6.61 Å². The maximum absolute atomic E-state index is 11.8. The Labute approximate surface area is 95.3 Å². The molecule has 0 saturated heterocycles. The van der Waals surface area contributed by atoms with Gasteiger partial charge >= 0.3 is 5.56 Å². The van der Waals surface area contributed by atoms with Crippen LogP contribution in [-0.2, 0) is 6.54 Å². The second-order valence-electron chi connectivity index (χ2n) is 4.07. The van der Waals surface area contributed by atoms with E-state index in [1.165, 1.54) is 0 Å². The second kappa shape index (κ2) is 6.27. The molecule has 5 nitrogen and oxygen atoms in total. The van der Waals surface area contributed by atoms with Gasteiger partial charge in [-0.05, 0) is 18.9 Å². The highest BCUT2D eigenvalue weighted by molar-refractivity contribution is 5.04. The predicted octanol–water partition coefficient (Wildman–Crippen LogP) is 0.627. The zero-order chi connectivity index (χ0) is 12.0. The maximum Gasteiger partial charge on any atom is 0.313 e. The molecular formula is C11H19N3O2. The Morgan fingerprint density at radius 1 is 1.56 bits per heavy atom. The van der Waals surface area contributed by atoms with Gasteiger partial charge in [0.1, 0.15) is 0 Å². The molecule has 5 heteroatoms. The van der Waals surface area contributed by atoms with Gasteiger partial charge in [-0.3, -0.25) is 4.79 Å². The van der Waals surface area contributed by atoms with Crippen molar-refractivity contribution in [3.05, 3.63) is 22.7 Å². The summed E-state index contributed by atoms with van der Waals surface area (Å²) in [6, 6.07) is 0. The van der Waals surface area contributed by atoms with Crippen molar-refractivity contribution in [1.82, 2.24) is 9.55 Å². The smallest absolute Gasteiger partial charge is 0.313 e. The zero-order valence-electron chi connectivity index (χ0n) is 9.85. The fraction of sp³-hybridized carbons (Fsp3) is 0.636. The summed E-state index contributed by atoms with van der Waals surface area (Å²) in [6.45, 7) is 5.77. The van der Waals surface area contributed by atoms with Crippen LogP contribution in [0.5, 0.6) is 5.88 Å². The van der Waals surface area contributed by atoms with Gasteiger partial charge in [-0.15, -0.1) is 0 Å². The lowest BCUT2D eigenvalue weighted by molar-refractivity contribution is 0.292. The van der Waals surface area contributed by atoms with Crippen molar-refractivity contribution in [2.45, 2.75) is 26.8 Å². The van der Waals surface area contributed by atoms with Crippen LogP contribution in [0.4, 0.5) is 0 Å². The summed E-state index contributed by atoms with van der Waals surface area (Å²) in [4.78, 5) is 15.8. The van der Waals surface area contributed by atoms with Crippen molar-refractivity contribution in [3.8, 4) is 5.88 Å². The van der Waals surface area contributed by atoms with Gasteiger partial charge in [-0.25, -0.2) is 4.98 Å². The van der Waals surface area contributed by atoms with Crippen LogP contribution < -0.4 is 16.0 Å². The topological polar surface area (TPSA) is 70.1 Å². The van der Waals surface area contributed by atoms with Crippen molar-refractivity contribution in [2.75, 3.05) is 13.2 Å². The van der Waals surface area contributed by atoms with E-state index in [-0.39, 0.29) is 11.4 Å². The van der Waals surface area contributed by atoms with E-state index in [0.29, 0.717) is 25.6 Å². The van der Waals surface area contributed by atoms with E-state index in [9.17, 15) is 4.79 Å². The van der Waals surface area contributed by atoms with E-state index in [0.717, 1.165) is 6.42 Å². The Morgan fingerprint density at radius 3 is 2.94 bits per heavy atom. The lowest BCUT2D eigenvalue weighted by atomic mass is 10.2. The van der Waals surface area contributed by atoms with E-state index >= 15 is 0 Å². The van der Waals surface area contributed by atoms with Crippen LogP contribution in [0.25, 0.3) is 0 Å². The second-order valence-corrected chi connectivity index (χ2v) is 4.07. The number of hydrogen-bond donors (Lipinski definition) is 1. The molecule has 0 aromatic carbocycles. The fourth-order valence-electron chi connectivity index (χ4n) is 1.32. The Kier molecular flexibility index (Phi) is 4.98. The van der Waals surface area contributed by atoms with Crippen LogP contribution in [0.1, 0.15) is 20.3 Å². The third kappa shape index (κ3) is 3.66. The summed E-state index contributed by atoms with van der Waals surface area (Å²) in [6.07, 6.45) is 3.99. The standard InChI is InChI=1S/C11H19N3O2/c1-9(2)8-14-6-5-13-10(11(14)15)16-7-3-4-12/h5-6,9H,3-4,7-8,12H2,1-2H3. The molecule has 0 atom stereocenters. The van der Waals surface area contributed by atoms with E-state index in [4.69, 9.17) is 10.5 Å². The minimum atomic E-state index is -0.173. The van der Waals surface area contributed by atoms with E-state index in [1.54, 1.807) is 17.0 Å². The van der Waals surface area contributed by atoms with Crippen LogP contribution in [0.15, 0.2) is 17.2 Å². The normalized spacial score (nSPS) is 10.8. The van der Waals surface area contributed by atoms with E-state index < -0.39 is 0 Å². The molecule has 1 aromatic heterocycles. The van der Waals surface area contributed by atoms with Crippen molar-refractivity contribution in [2.24, 2.45) is 11.7 Å². The number of rotatable bonds is 6. The first-order chi connectivity index (χ1) is 7.65. The highest BCUT2D eigenvalue weighted by atomic mass is 16.5. The predicted molar refractivity (Wildman–Crippen MR) is 62.5 cm³/mol. The fourth-order valence-corrected chi connectivity index (χ4v) is 1.32. The third-order valence-electron chi connectivity index (χ3n) is 2.03. The van der Waals surface area contributed by atoms with Gasteiger partial charge in [0.25, 0.3) is 5.88 Å². The van der Waals surface area contributed by atoms with Crippen molar-refractivity contribution in [1.29, 1.82) is 0 Å². The molecule has 0 amide bonds. The van der Waals surface area contributed by atoms with Crippen LogP contribution in [-0.4, -0.2) is 22.7 Å². The number of aromatic nitrogens is 2. The molecule has 1 heterocycles. The molecule has 0 saturated carbocycles.